The Labute approximate surface area is 113 Å². The van der Waals surface area contributed by atoms with Gasteiger partial charge in [0.15, 0.2) is 5.96 Å². The van der Waals surface area contributed by atoms with Crippen LogP contribution in [0, 0.1) is 0 Å². The molecule has 104 valence electrons. The second-order valence-corrected chi connectivity index (χ2v) is 5.16. The van der Waals surface area contributed by atoms with Gasteiger partial charge in [0.05, 0.1) is 24.6 Å². The fourth-order valence-corrected chi connectivity index (χ4v) is 2.88. The molecule has 1 aromatic heterocycles. The number of ether oxygens (including phenoxy) is 1. The van der Waals surface area contributed by atoms with Crippen molar-refractivity contribution in [2.45, 2.75) is 44.1 Å². The molecule has 0 radical (unpaired) electrons. The van der Waals surface area contributed by atoms with Crippen LogP contribution >= 0.6 is 0 Å². The van der Waals surface area contributed by atoms with E-state index in [1.54, 1.807) is 13.2 Å². The zero-order chi connectivity index (χ0) is 13.1. The predicted octanol–water partition coefficient (Wildman–Crippen LogP) is 0.368. The van der Waals surface area contributed by atoms with Gasteiger partial charge in [-0.15, -0.1) is 0 Å². The number of imidazole rings is 1. The van der Waals surface area contributed by atoms with Crippen LogP contribution in [0.3, 0.4) is 0 Å². The van der Waals surface area contributed by atoms with Crippen molar-refractivity contribution in [2.24, 2.45) is 4.99 Å². The van der Waals surface area contributed by atoms with Gasteiger partial charge in [-0.05, 0) is 19.3 Å². The first-order valence-corrected chi connectivity index (χ1v) is 6.93. The van der Waals surface area contributed by atoms with Crippen molar-refractivity contribution in [1.29, 1.82) is 0 Å². The molecule has 2 bridgehead atoms. The zero-order valence-corrected chi connectivity index (χ0v) is 11.2. The Morgan fingerprint density at radius 1 is 1.53 bits per heavy atom. The van der Waals surface area contributed by atoms with E-state index in [1.807, 2.05) is 17.1 Å². The highest BCUT2D eigenvalue weighted by Gasteiger charge is 2.40. The lowest BCUT2D eigenvalue weighted by atomic mass is 9.96. The lowest BCUT2D eigenvalue weighted by Gasteiger charge is -2.22. The summed E-state index contributed by atoms with van der Waals surface area (Å²) in [5.41, 5.74) is 0. The highest BCUT2D eigenvalue weighted by Crippen LogP contribution is 2.34. The molecule has 2 N–H and O–H groups in total. The minimum atomic E-state index is 0.372. The average Bonchev–Trinajstić information content (AvgIpc) is 3.14. The Bertz CT molecular complexity index is 430. The summed E-state index contributed by atoms with van der Waals surface area (Å²) >= 11 is 0. The number of nitrogens with one attached hydrogen (secondary N) is 2. The minimum absolute atomic E-state index is 0.372. The van der Waals surface area contributed by atoms with E-state index in [-0.39, 0.29) is 0 Å². The van der Waals surface area contributed by atoms with Crippen molar-refractivity contribution < 1.29 is 4.74 Å². The van der Waals surface area contributed by atoms with Gasteiger partial charge in [0.25, 0.3) is 0 Å². The van der Waals surface area contributed by atoms with Crippen LogP contribution in [-0.2, 0) is 11.3 Å². The van der Waals surface area contributed by atoms with Crippen molar-refractivity contribution in [3.63, 3.8) is 0 Å². The molecule has 2 fully saturated rings. The van der Waals surface area contributed by atoms with Crippen molar-refractivity contribution in [3.8, 4) is 0 Å². The van der Waals surface area contributed by atoms with E-state index in [2.05, 4.69) is 20.6 Å². The zero-order valence-electron chi connectivity index (χ0n) is 11.2. The molecular weight excluding hydrogens is 242 g/mol. The molecule has 19 heavy (non-hydrogen) atoms. The molecule has 0 amide bonds. The van der Waals surface area contributed by atoms with Crippen molar-refractivity contribution in [3.05, 3.63) is 18.7 Å². The SMILES string of the molecule is CN=C(NCCn1ccnc1)NC1CC2CCC1O2. The van der Waals surface area contributed by atoms with Crippen LogP contribution in [0.5, 0.6) is 0 Å². The summed E-state index contributed by atoms with van der Waals surface area (Å²) in [4.78, 5) is 8.29. The van der Waals surface area contributed by atoms with E-state index in [0.717, 1.165) is 25.5 Å². The number of hydrogen-bond donors (Lipinski definition) is 2. The summed E-state index contributed by atoms with van der Waals surface area (Å²) in [6, 6.07) is 0.415. The number of hydrogen-bond acceptors (Lipinski definition) is 3. The number of aliphatic imine (C=N–C) groups is 1. The molecule has 2 saturated heterocycles. The third kappa shape index (κ3) is 2.89. The molecule has 0 saturated carbocycles. The van der Waals surface area contributed by atoms with Gasteiger partial charge in [0.1, 0.15) is 0 Å². The maximum atomic E-state index is 5.84. The second-order valence-electron chi connectivity index (χ2n) is 5.16. The largest absolute Gasteiger partial charge is 0.373 e. The van der Waals surface area contributed by atoms with Gasteiger partial charge in [0.2, 0.25) is 0 Å². The number of aromatic nitrogens is 2. The summed E-state index contributed by atoms with van der Waals surface area (Å²) in [5.74, 6) is 0.862. The van der Waals surface area contributed by atoms with Crippen molar-refractivity contribution in [2.75, 3.05) is 13.6 Å². The summed E-state index contributed by atoms with van der Waals surface area (Å²) in [5, 5.41) is 6.79. The van der Waals surface area contributed by atoms with Gasteiger partial charge >= 0.3 is 0 Å². The van der Waals surface area contributed by atoms with Crippen molar-refractivity contribution >= 4 is 5.96 Å². The molecule has 3 atom stereocenters. The Hall–Kier alpha value is -1.56. The highest BCUT2D eigenvalue weighted by molar-refractivity contribution is 5.80. The van der Waals surface area contributed by atoms with Gasteiger partial charge in [-0.2, -0.15) is 0 Å². The van der Waals surface area contributed by atoms with E-state index in [0.29, 0.717) is 18.2 Å². The van der Waals surface area contributed by atoms with Crippen LogP contribution in [0.25, 0.3) is 0 Å². The van der Waals surface area contributed by atoms with Gasteiger partial charge in [-0.1, -0.05) is 0 Å². The molecule has 0 spiro atoms. The van der Waals surface area contributed by atoms with E-state index in [1.165, 1.54) is 12.8 Å². The smallest absolute Gasteiger partial charge is 0.191 e. The number of guanidine groups is 1. The molecule has 6 nitrogen and oxygen atoms in total. The van der Waals surface area contributed by atoms with Gasteiger partial charge in [0, 0.05) is 32.5 Å². The average molecular weight is 263 g/mol. The van der Waals surface area contributed by atoms with E-state index >= 15 is 0 Å². The molecule has 3 heterocycles. The lowest BCUT2D eigenvalue weighted by molar-refractivity contribution is 0.0992. The fourth-order valence-electron chi connectivity index (χ4n) is 2.88. The second kappa shape index (κ2) is 5.61. The Kier molecular flexibility index (Phi) is 3.68. The van der Waals surface area contributed by atoms with E-state index in [4.69, 9.17) is 4.74 Å². The van der Waals surface area contributed by atoms with Crippen LogP contribution in [0.2, 0.25) is 0 Å². The summed E-state index contributed by atoms with van der Waals surface area (Å²) in [6.45, 7) is 1.71. The molecule has 2 aliphatic rings. The molecule has 3 rings (SSSR count). The summed E-state index contributed by atoms with van der Waals surface area (Å²) < 4.78 is 7.88. The standard InChI is InChI=1S/C13H21N5O/c1-14-13(16-5-7-18-6-4-15-9-18)17-11-8-10-2-3-12(11)19-10/h4,6,9-12H,2-3,5,7-8H2,1H3,(H2,14,16,17). The highest BCUT2D eigenvalue weighted by atomic mass is 16.5. The number of nitrogens with zero attached hydrogens (tertiary/aromatic N) is 3. The Morgan fingerprint density at radius 3 is 3.11 bits per heavy atom. The lowest BCUT2D eigenvalue weighted by Crippen LogP contribution is -2.48. The van der Waals surface area contributed by atoms with Gasteiger partial charge in [-0.3, -0.25) is 4.99 Å². The van der Waals surface area contributed by atoms with Crippen LogP contribution < -0.4 is 10.6 Å². The Balaban J connectivity index is 1.43. The molecule has 0 aliphatic carbocycles. The maximum absolute atomic E-state index is 5.84. The fraction of sp³-hybridized carbons (Fsp3) is 0.692. The van der Waals surface area contributed by atoms with Crippen LogP contribution in [-0.4, -0.2) is 47.4 Å². The van der Waals surface area contributed by atoms with Crippen LogP contribution in [0.15, 0.2) is 23.7 Å². The molecule has 1 aromatic rings. The summed E-state index contributed by atoms with van der Waals surface area (Å²) in [6.07, 6.45) is 9.91. The topological polar surface area (TPSA) is 63.5 Å². The monoisotopic (exact) mass is 263 g/mol. The third-order valence-electron chi connectivity index (χ3n) is 3.87. The van der Waals surface area contributed by atoms with Gasteiger partial charge in [-0.25, -0.2) is 4.98 Å². The molecule has 3 unspecified atom stereocenters. The first-order valence-electron chi connectivity index (χ1n) is 6.93. The van der Waals surface area contributed by atoms with Crippen molar-refractivity contribution in [1.82, 2.24) is 20.2 Å². The van der Waals surface area contributed by atoms with Crippen LogP contribution in [0.1, 0.15) is 19.3 Å². The van der Waals surface area contributed by atoms with Crippen LogP contribution in [0.4, 0.5) is 0 Å². The minimum Gasteiger partial charge on any atom is -0.373 e. The normalized spacial score (nSPS) is 29.7. The third-order valence-corrected chi connectivity index (χ3v) is 3.87. The molecule has 2 aliphatic heterocycles. The predicted molar refractivity (Wildman–Crippen MR) is 73.0 cm³/mol. The molecule has 0 aromatic carbocycles. The summed E-state index contributed by atoms with van der Waals surface area (Å²) in [7, 11) is 1.81. The molecule has 6 heteroatoms. The first-order chi connectivity index (χ1) is 9.35. The van der Waals surface area contributed by atoms with E-state index in [9.17, 15) is 0 Å². The van der Waals surface area contributed by atoms with E-state index < -0.39 is 0 Å². The maximum Gasteiger partial charge on any atom is 0.191 e. The first kappa shape index (κ1) is 12.5. The number of fused-ring (bicyclic) bond motifs is 2. The van der Waals surface area contributed by atoms with Gasteiger partial charge < -0.3 is 19.9 Å². The Morgan fingerprint density at radius 2 is 2.47 bits per heavy atom. The quantitative estimate of drug-likeness (QED) is 0.608. The molecular formula is C13H21N5O. The number of rotatable bonds is 4.